The lowest BCUT2D eigenvalue weighted by Gasteiger charge is -2.30. The van der Waals surface area contributed by atoms with Crippen molar-refractivity contribution in [1.82, 2.24) is 0 Å². The van der Waals surface area contributed by atoms with Crippen molar-refractivity contribution in [3.05, 3.63) is 0 Å². The Labute approximate surface area is 101 Å². The lowest BCUT2D eigenvalue weighted by atomic mass is 9.96. The van der Waals surface area contributed by atoms with Crippen LogP contribution < -0.4 is 0 Å². The number of fused-ring (bicyclic) bond motifs is 1. The lowest BCUT2D eigenvalue weighted by molar-refractivity contribution is 0.123. The van der Waals surface area contributed by atoms with Crippen molar-refractivity contribution in [3.63, 3.8) is 0 Å². The van der Waals surface area contributed by atoms with Crippen LogP contribution in [0, 0.1) is 0 Å². The first-order chi connectivity index (χ1) is 7.24. The maximum absolute atomic E-state index is 6.46. The molecule has 4 heteroatoms. The van der Waals surface area contributed by atoms with Crippen LogP contribution in [-0.2, 0) is 4.74 Å². The lowest BCUT2D eigenvalue weighted by Crippen LogP contribution is -2.35. The Balaban J connectivity index is 1.94. The number of hydrogen-bond donors (Lipinski definition) is 0. The Bertz CT molecular complexity index is 259. The fraction of sp³-hybridized carbons (Fsp3) is 0.909. The first kappa shape index (κ1) is 11.6. The standard InChI is InChI=1S/C11H18ClNOS/c1-2-3-8-13-10-14-11(12)7-5-4-6-9(11)15-10/h9H,2-8H2,1H3. The third kappa shape index (κ3) is 2.62. The van der Waals surface area contributed by atoms with Crippen molar-refractivity contribution in [2.75, 3.05) is 6.54 Å². The Morgan fingerprint density at radius 3 is 3.20 bits per heavy atom. The van der Waals surface area contributed by atoms with Gasteiger partial charge in [-0.15, -0.1) is 0 Å². The molecule has 0 N–H and O–H groups in total. The topological polar surface area (TPSA) is 21.6 Å². The summed E-state index contributed by atoms with van der Waals surface area (Å²) in [5.41, 5.74) is 0. The van der Waals surface area contributed by atoms with E-state index in [1.807, 2.05) is 0 Å². The minimum atomic E-state index is -0.437. The van der Waals surface area contributed by atoms with E-state index in [1.54, 1.807) is 11.8 Å². The van der Waals surface area contributed by atoms with Gasteiger partial charge in [0.25, 0.3) is 0 Å². The molecule has 0 aromatic rings. The molecule has 0 aromatic heterocycles. The van der Waals surface area contributed by atoms with E-state index in [1.165, 1.54) is 25.7 Å². The van der Waals surface area contributed by atoms with E-state index in [0.717, 1.165) is 24.6 Å². The number of unbranched alkanes of at least 4 members (excludes halogenated alkanes) is 1. The first-order valence-corrected chi connectivity index (χ1v) is 7.09. The van der Waals surface area contributed by atoms with Gasteiger partial charge in [-0.05, 0) is 19.3 Å². The van der Waals surface area contributed by atoms with Crippen LogP contribution in [0.4, 0.5) is 0 Å². The molecule has 2 fully saturated rings. The van der Waals surface area contributed by atoms with Crippen LogP contribution in [0.5, 0.6) is 0 Å². The van der Waals surface area contributed by atoms with Crippen LogP contribution in [0.2, 0.25) is 0 Å². The Hall–Kier alpha value is 0.110. The first-order valence-electron chi connectivity index (χ1n) is 5.83. The zero-order valence-corrected chi connectivity index (χ0v) is 10.7. The van der Waals surface area contributed by atoms with Gasteiger partial charge in [0.2, 0.25) is 5.23 Å². The molecular formula is C11H18ClNOS. The molecule has 1 saturated heterocycles. The van der Waals surface area contributed by atoms with Gasteiger partial charge in [-0.1, -0.05) is 43.1 Å². The predicted molar refractivity (Wildman–Crippen MR) is 66.7 cm³/mol. The number of aliphatic imine (C=N–C) groups is 1. The van der Waals surface area contributed by atoms with Crippen molar-refractivity contribution >= 4 is 28.6 Å². The van der Waals surface area contributed by atoms with E-state index in [0.29, 0.717) is 5.25 Å². The fourth-order valence-corrected chi connectivity index (χ4v) is 3.75. The van der Waals surface area contributed by atoms with Crippen LogP contribution in [0.15, 0.2) is 4.99 Å². The van der Waals surface area contributed by atoms with E-state index in [9.17, 15) is 0 Å². The fourth-order valence-electron chi connectivity index (χ4n) is 2.02. The average molecular weight is 248 g/mol. The SMILES string of the molecule is CCCCN=C1OC2(Cl)CCCCC2S1. The molecule has 2 atom stereocenters. The summed E-state index contributed by atoms with van der Waals surface area (Å²) in [6.45, 7) is 3.05. The minimum absolute atomic E-state index is 0.424. The van der Waals surface area contributed by atoms with Gasteiger partial charge >= 0.3 is 0 Å². The third-order valence-corrected chi connectivity index (χ3v) is 4.94. The minimum Gasteiger partial charge on any atom is -0.449 e. The average Bonchev–Trinajstić information content (AvgIpc) is 2.54. The van der Waals surface area contributed by atoms with E-state index in [4.69, 9.17) is 16.3 Å². The van der Waals surface area contributed by atoms with Gasteiger partial charge in [-0.3, -0.25) is 0 Å². The van der Waals surface area contributed by atoms with Gasteiger partial charge in [0.15, 0.2) is 5.06 Å². The molecule has 15 heavy (non-hydrogen) atoms. The summed E-state index contributed by atoms with van der Waals surface area (Å²) >= 11 is 8.20. The molecule has 2 aliphatic rings. The molecule has 0 aromatic carbocycles. The van der Waals surface area contributed by atoms with Crippen LogP contribution in [0.25, 0.3) is 0 Å². The summed E-state index contributed by atoms with van der Waals surface area (Å²) in [6, 6.07) is 0. The summed E-state index contributed by atoms with van der Waals surface area (Å²) in [5.74, 6) is 0. The zero-order chi connectivity index (χ0) is 10.7. The molecule has 2 rings (SSSR count). The highest BCUT2D eigenvalue weighted by Gasteiger charge is 2.48. The monoisotopic (exact) mass is 247 g/mol. The molecular weight excluding hydrogens is 230 g/mol. The molecule has 1 aliphatic carbocycles. The normalized spacial score (nSPS) is 37.7. The van der Waals surface area contributed by atoms with Crippen molar-refractivity contribution in [1.29, 1.82) is 0 Å². The molecule has 1 saturated carbocycles. The van der Waals surface area contributed by atoms with Gasteiger partial charge in [0.1, 0.15) is 0 Å². The molecule has 1 heterocycles. The second-order valence-corrected chi connectivity index (χ2v) is 6.04. The quantitative estimate of drug-likeness (QED) is 0.559. The van der Waals surface area contributed by atoms with Gasteiger partial charge in [0.05, 0.1) is 5.25 Å². The van der Waals surface area contributed by atoms with Crippen LogP contribution in [0.1, 0.15) is 45.4 Å². The Morgan fingerprint density at radius 1 is 1.60 bits per heavy atom. The highest BCUT2D eigenvalue weighted by atomic mass is 35.5. The molecule has 0 spiro atoms. The molecule has 0 bridgehead atoms. The van der Waals surface area contributed by atoms with E-state index >= 15 is 0 Å². The predicted octanol–water partition coefficient (Wildman–Crippen LogP) is 3.78. The largest absolute Gasteiger partial charge is 0.449 e. The van der Waals surface area contributed by atoms with E-state index in [2.05, 4.69) is 11.9 Å². The van der Waals surface area contributed by atoms with Crippen LogP contribution in [0.3, 0.4) is 0 Å². The smallest absolute Gasteiger partial charge is 0.248 e. The van der Waals surface area contributed by atoms with Gasteiger partial charge in [-0.25, -0.2) is 4.99 Å². The van der Waals surface area contributed by atoms with Gasteiger partial charge in [0, 0.05) is 13.0 Å². The maximum Gasteiger partial charge on any atom is 0.248 e. The summed E-state index contributed by atoms with van der Waals surface area (Å²) in [4.78, 5) is 4.46. The number of halogens is 1. The summed E-state index contributed by atoms with van der Waals surface area (Å²) < 4.78 is 5.78. The number of rotatable bonds is 3. The summed E-state index contributed by atoms with van der Waals surface area (Å²) in [7, 11) is 0. The van der Waals surface area contributed by atoms with E-state index < -0.39 is 5.06 Å². The second-order valence-electron chi connectivity index (χ2n) is 4.24. The highest BCUT2D eigenvalue weighted by Crippen LogP contribution is 2.48. The number of alkyl halides is 1. The molecule has 2 nitrogen and oxygen atoms in total. The molecule has 0 amide bonds. The van der Waals surface area contributed by atoms with Crippen molar-refractivity contribution in [2.24, 2.45) is 4.99 Å². The van der Waals surface area contributed by atoms with Crippen molar-refractivity contribution in [2.45, 2.75) is 55.8 Å². The zero-order valence-electron chi connectivity index (χ0n) is 9.17. The van der Waals surface area contributed by atoms with Gasteiger partial charge in [-0.2, -0.15) is 0 Å². The summed E-state index contributed by atoms with van der Waals surface area (Å²) in [6.07, 6.45) is 6.91. The number of ether oxygens (including phenoxy) is 1. The molecule has 1 aliphatic heterocycles. The third-order valence-electron chi connectivity index (χ3n) is 2.97. The second kappa shape index (κ2) is 4.96. The van der Waals surface area contributed by atoms with Crippen LogP contribution in [-0.4, -0.2) is 22.1 Å². The van der Waals surface area contributed by atoms with Crippen molar-refractivity contribution < 1.29 is 4.74 Å². The number of hydrogen-bond acceptors (Lipinski definition) is 3. The maximum atomic E-state index is 6.46. The van der Waals surface area contributed by atoms with E-state index in [-0.39, 0.29) is 0 Å². The van der Waals surface area contributed by atoms with Crippen LogP contribution >= 0.6 is 23.4 Å². The Morgan fingerprint density at radius 2 is 2.47 bits per heavy atom. The molecule has 86 valence electrons. The molecule has 2 unspecified atom stereocenters. The Kier molecular flexibility index (Phi) is 3.83. The van der Waals surface area contributed by atoms with Crippen molar-refractivity contribution in [3.8, 4) is 0 Å². The number of nitrogens with zero attached hydrogens (tertiary/aromatic N) is 1. The van der Waals surface area contributed by atoms with Gasteiger partial charge < -0.3 is 4.74 Å². The number of thioether (sulfide) groups is 1. The molecule has 0 radical (unpaired) electrons. The highest BCUT2D eigenvalue weighted by molar-refractivity contribution is 8.14. The summed E-state index contributed by atoms with van der Waals surface area (Å²) in [5, 5.41) is 0.812.